The van der Waals surface area contributed by atoms with Crippen LogP contribution in [-0.2, 0) is 0 Å². The first-order valence-electron chi connectivity index (χ1n) is 13.2. The van der Waals surface area contributed by atoms with E-state index in [1.54, 1.807) is 12.1 Å². The van der Waals surface area contributed by atoms with Gasteiger partial charge in [-0.25, -0.2) is 4.39 Å². The van der Waals surface area contributed by atoms with Gasteiger partial charge in [-0.15, -0.1) is 0 Å². The van der Waals surface area contributed by atoms with E-state index in [-0.39, 0.29) is 11.9 Å². The fourth-order valence-corrected chi connectivity index (χ4v) is 5.68. The number of rotatable bonds is 8. The predicted molar refractivity (Wildman–Crippen MR) is 145 cm³/mol. The normalized spacial score (nSPS) is 16.2. The molecule has 3 aromatic carbocycles. The Labute approximate surface area is 209 Å². The van der Waals surface area contributed by atoms with Crippen molar-refractivity contribution in [3.63, 3.8) is 0 Å². The van der Waals surface area contributed by atoms with E-state index >= 15 is 0 Å². The molecule has 35 heavy (non-hydrogen) atoms. The molecule has 0 N–H and O–H groups in total. The predicted octanol–water partition coefficient (Wildman–Crippen LogP) is 8.15. The van der Waals surface area contributed by atoms with E-state index in [1.165, 1.54) is 53.5 Å². The molecule has 5 rings (SSSR count). The maximum atomic E-state index is 13.6. The number of halogens is 1. The molecule has 2 heterocycles. The Bertz CT molecular complexity index is 1210. The summed E-state index contributed by atoms with van der Waals surface area (Å²) in [5, 5.41) is 1.25. The lowest BCUT2D eigenvalue weighted by molar-refractivity contribution is 0.206. The second-order valence-electron chi connectivity index (χ2n) is 10.4. The molecule has 182 valence electrons. The third kappa shape index (κ3) is 5.51. The molecule has 1 aromatic heterocycles. The SMILES string of the molecule is CC(C)c1ccc(C2CCN(CCCC(c3ccc(F)cc3)n3ccc4ccccc43)CC2)cc1. The first-order chi connectivity index (χ1) is 17.1. The average molecular weight is 469 g/mol. The highest BCUT2D eigenvalue weighted by Crippen LogP contribution is 2.31. The van der Waals surface area contributed by atoms with Crippen LogP contribution in [0.5, 0.6) is 0 Å². The van der Waals surface area contributed by atoms with Gasteiger partial charge in [-0.05, 0) is 103 Å². The molecule has 0 amide bonds. The second kappa shape index (κ2) is 10.8. The molecule has 2 nitrogen and oxygen atoms in total. The number of likely N-dealkylation sites (tertiary alicyclic amines) is 1. The van der Waals surface area contributed by atoms with Crippen molar-refractivity contribution < 1.29 is 4.39 Å². The van der Waals surface area contributed by atoms with Gasteiger partial charge in [-0.2, -0.15) is 0 Å². The van der Waals surface area contributed by atoms with Crippen molar-refractivity contribution in [3.05, 3.63) is 108 Å². The van der Waals surface area contributed by atoms with Gasteiger partial charge in [0.1, 0.15) is 5.82 Å². The number of piperidine rings is 1. The number of nitrogens with zero attached hydrogens (tertiary/aromatic N) is 2. The van der Waals surface area contributed by atoms with Crippen molar-refractivity contribution in [3.8, 4) is 0 Å². The van der Waals surface area contributed by atoms with Crippen LogP contribution in [0, 0.1) is 5.82 Å². The topological polar surface area (TPSA) is 8.17 Å². The molecule has 0 bridgehead atoms. The molecule has 4 aromatic rings. The van der Waals surface area contributed by atoms with E-state index in [0.717, 1.165) is 19.4 Å². The Balaban J connectivity index is 1.20. The van der Waals surface area contributed by atoms with Gasteiger partial charge in [-0.1, -0.05) is 68.4 Å². The summed E-state index contributed by atoms with van der Waals surface area (Å²) in [6.07, 6.45) is 6.84. The summed E-state index contributed by atoms with van der Waals surface area (Å²) < 4.78 is 16.0. The molecule has 1 fully saturated rings. The minimum absolute atomic E-state index is 0.174. The summed E-state index contributed by atoms with van der Waals surface area (Å²) in [7, 11) is 0. The fourth-order valence-electron chi connectivity index (χ4n) is 5.68. The van der Waals surface area contributed by atoms with Crippen LogP contribution in [0.1, 0.15) is 74.1 Å². The van der Waals surface area contributed by atoms with E-state index in [4.69, 9.17) is 0 Å². The smallest absolute Gasteiger partial charge is 0.123 e. The first kappa shape index (κ1) is 23.8. The summed E-state index contributed by atoms with van der Waals surface area (Å²) in [6.45, 7) is 7.98. The lowest BCUT2D eigenvalue weighted by Gasteiger charge is -2.32. The third-order valence-corrected chi connectivity index (χ3v) is 7.83. The van der Waals surface area contributed by atoms with Crippen molar-refractivity contribution in [2.45, 2.75) is 57.4 Å². The molecule has 1 unspecified atom stereocenters. The van der Waals surface area contributed by atoms with E-state index in [9.17, 15) is 4.39 Å². The van der Waals surface area contributed by atoms with Crippen LogP contribution in [0.4, 0.5) is 4.39 Å². The molecule has 1 saturated heterocycles. The quantitative estimate of drug-likeness (QED) is 0.253. The first-order valence-corrected chi connectivity index (χ1v) is 13.2. The van der Waals surface area contributed by atoms with Crippen molar-refractivity contribution in [1.82, 2.24) is 9.47 Å². The Morgan fingerprint density at radius 3 is 2.23 bits per heavy atom. The van der Waals surface area contributed by atoms with Crippen LogP contribution in [-0.4, -0.2) is 29.1 Å². The minimum atomic E-state index is -0.174. The number of para-hydroxylation sites is 1. The Morgan fingerprint density at radius 1 is 0.829 bits per heavy atom. The number of fused-ring (bicyclic) bond motifs is 1. The van der Waals surface area contributed by atoms with E-state index in [1.807, 2.05) is 12.1 Å². The zero-order valence-corrected chi connectivity index (χ0v) is 21.0. The minimum Gasteiger partial charge on any atom is -0.340 e. The standard InChI is InChI=1S/C32H37FN2/c1-24(2)25-9-11-26(12-10-25)27-17-21-34(22-18-27)20-5-8-32(29-13-15-30(33)16-14-29)35-23-19-28-6-3-4-7-31(28)35/h3-4,6-7,9-16,19,23-24,27,32H,5,8,17-18,20-22H2,1-2H3. The van der Waals surface area contributed by atoms with Crippen LogP contribution in [0.3, 0.4) is 0 Å². The average Bonchev–Trinajstić information content (AvgIpc) is 3.32. The van der Waals surface area contributed by atoms with E-state index in [2.05, 4.69) is 84.1 Å². The Morgan fingerprint density at radius 2 is 1.51 bits per heavy atom. The van der Waals surface area contributed by atoms with Crippen molar-refractivity contribution in [2.75, 3.05) is 19.6 Å². The van der Waals surface area contributed by atoms with Gasteiger partial charge in [0.05, 0.1) is 6.04 Å². The maximum Gasteiger partial charge on any atom is 0.123 e. The van der Waals surface area contributed by atoms with Gasteiger partial charge in [0.2, 0.25) is 0 Å². The van der Waals surface area contributed by atoms with Gasteiger partial charge in [0.25, 0.3) is 0 Å². The molecule has 1 atom stereocenters. The maximum absolute atomic E-state index is 13.6. The third-order valence-electron chi connectivity index (χ3n) is 7.83. The summed E-state index contributed by atoms with van der Waals surface area (Å²) in [5.74, 6) is 1.10. The highest BCUT2D eigenvalue weighted by Gasteiger charge is 2.22. The lowest BCUT2D eigenvalue weighted by Crippen LogP contribution is -2.34. The van der Waals surface area contributed by atoms with Crippen molar-refractivity contribution in [1.29, 1.82) is 0 Å². The van der Waals surface area contributed by atoms with Crippen LogP contribution in [0.15, 0.2) is 85.1 Å². The van der Waals surface area contributed by atoms with Crippen LogP contribution < -0.4 is 0 Å². The molecule has 0 radical (unpaired) electrons. The number of hydrogen-bond donors (Lipinski definition) is 0. The monoisotopic (exact) mass is 468 g/mol. The molecule has 1 aliphatic rings. The number of benzene rings is 3. The fraction of sp³-hybridized carbons (Fsp3) is 0.375. The molecule has 0 aliphatic carbocycles. The number of hydrogen-bond acceptors (Lipinski definition) is 1. The van der Waals surface area contributed by atoms with Crippen molar-refractivity contribution in [2.24, 2.45) is 0 Å². The zero-order chi connectivity index (χ0) is 24.2. The molecule has 3 heteroatoms. The lowest BCUT2D eigenvalue weighted by atomic mass is 9.88. The molecule has 0 spiro atoms. The summed E-state index contributed by atoms with van der Waals surface area (Å²) >= 11 is 0. The summed E-state index contributed by atoms with van der Waals surface area (Å²) in [6, 6.07) is 27.3. The summed E-state index contributed by atoms with van der Waals surface area (Å²) in [4.78, 5) is 2.63. The largest absolute Gasteiger partial charge is 0.340 e. The van der Waals surface area contributed by atoms with Gasteiger partial charge in [0.15, 0.2) is 0 Å². The number of aromatic nitrogens is 1. The highest BCUT2D eigenvalue weighted by atomic mass is 19.1. The van der Waals surface area contributed by atoms with Crippen LogP contribution in [0.25, 0.3) is 10.9 Å². The Hall–Kier alpha value is -2.91. The molecule has 1 aliphatic heterocycles. The van der Waals surface area contributed by atoms with Gasteiger partial charge >= 0.3 is 0 Å². The molecular weight excluding hydrogens is 431 g/mol. The Kier molecular flexibility index (Phi) is 7.34. The van der Waals surface area contributed by atoms with E-state index in [0.29, 0.717) is 11.8 Å². The van der Waals surface area contributed by atoms with Crippen LogP contribution in [0.2, 0.25) is 0 Å². The second-order valence-corrected chi connectivity index (χ2v) is 10.4. The van der Waals surface area contributed by atoms with Gasteiger partial charge in [-0.3, -0.25) is 0 Å². The zero-order valence-electron chi connectivity index (χ0n) is 21.0. The summed E-state index contributed by atoms with van der Waals surface area (Å²) in [5.41, 5.74) is 5.35. The van der Waals surface area contributed by atoms with Crippen LogP contribution >= 0.6 is 0 Å². The van der Waals surface area contributed by atoms with Gasteiger partial charge < -0.3 is 9.47 Å². The van der Waals surface area contributed by atoms with Crippen molar-refractivity contribution >= 4 is 10.9 Å². The highest BCUT2D eigenvalue weighted by molar-refractivity contribution is 5.80. The molecule has 0 saturated carbocycles. The van der Waals surface area contributed by atoms with Gasteiger partial charge in [0, 0.05) is 11.7 Å². The van der Waals surface area contributed by atoms with E-state index < -0.39 is 0 Å². The molecular formula is C32H37FN2.